The third-order valence-corrected chi connectivity index (χ3v) is 2.78. The minimum Gasteiger partial charge on any atom is -0.478 e. The highest BCUT2D eigenvalue weighted by molar-refractivity contribution is 5.94. The van der Waals surface area contributed by atoms with Gasteiger partial charge in [0.05, 0.1) is 5.56 Å². The van der Waals surface area contributed by atoms with E-state index in [4.69, 9.17) is 16.6 Å². The number of rotatable bonds is 1. The molecule has 1 heterocycles. The van der Waals surface area contributed by atoms with E-state index in [1.807, 2.05) is 0 Å². The largest absolute Gasteiger partial charge is 0.478 e. The number of carbonyl (C=O) groups excluding carboxylic acids is 1. The SMILES string of the molecule is NC(=O)N1CC(N)Cc2cc(C(=O)O)ccc21. The van der Waals surface area contributed by atoms with Crippen LogP contribution >= 0.6 is 0 Å². The Morgan fingerprint density at radius 2 is 2.12 bits per heavy atom. The maximum Gasteiger partial charge on any atom is 0.335 e. The van der Waals surface area contributed by atoms with Crippen molar-refractivity contribution in [3.05, 3.63) is 29.3 Å². The van der Waals surface area contributed by atoms with E-state index in [0.29, 0.717) is 18.7 Å². The van der Waals surface area contributed by atoms with Crippen molar-refractivity contribution in [1.29, 1.82) is 0 Å². The Hall–Kier alpha value is -2.08. The highest BCUT2D eigenvalue weighted by Crippen LogP contribution is 2.27. The lowest BCUT2D eigenvalue weighted by atomic mass is 9.96. The predicted molar refractivity (Wildman–Crippen MR) is 62.0 cm³/mol. The summed E-state index contributed by atoms with van der Waals surface area (Å²) in [7, 11) is 0. The number of anilines is 1. The number of nitrogens with zero attached hydrogens (tertiary/aromatic N) is 1. The average molecular weight is 235 g/mol. The van der Waals surface area contributed by atoms with Crippen molar-refractivity contribution < 1.29 is 14.7 Å². The lowest BCUT2D eigenvalue weighted by Gasteiger charge is -2.31. The summed E-state index contributed by atoms with van der Waals surface area (Å²) in [5, 5.41) is 8.89. The number of primary amides is 1. The van der Waals surface area contributed by atoms with E-state index in [0.717, 1.165) is 5.56 Å². The van der Waals surface area contributed by atoms with Crippen LogP contribution in [0.25, 0.3) is 0 Å². The number of nitrogens with two attached hydrogens (primary N) is 2. The van der Waals surface area contributed by atoms with Crippen LogP contribution in [0, 0.1) is 0 Å². The van der Waals surface area contributed by atoms with Gasteiger partial charge in [0.1, 0.15) is 0 Å². The van der Waals surface area contributed by atoms with Crippen LogP contribution in [0.3, 0.4) is 0 Å². The minimum atomic E-state index is -1.00. The van der Waals surface area contributed by atoms with Crippen LogP contribution in [0.4, 0.5) is 10.5 Å². The van der Waals surface area contributed by atoms with Crippen LogP contribution in [-0.2, 0) is 6.42 Å². The lowest BCUT2D eigenvalue weighted by Crippen LogP contribution is -2.48. The number of benzene rings is 1. The van der Waals surface area contributed by atoms with E-state index >= 15 is 0 Å². The fourth-order valence-electron chi connectivity index (χ4n) is 2.03. The molecule has 0 aliphatic carbocycles. The van der Waals surface area contributed by atoms with Crippen molar-refractivity contribution in [3.63, 3.8) is 0 Å². The van der Waals surface area contributed by atoms with Gasteiger partial charge >= 0.3 is 12.0 Å². The predicted octanol–water partition coefficient (Wildman–Crippen LogP) is 0.153. The quantitative estimate of drug-likeness (QED) is 0.643. The molecule has 1 aromatic rings. The topological polar surface area (TPSA) is 110 Å². The van der Waals surface area contributed by atoms with E-state index in [1.165, 1.54) is 17.0 Å². The Labute approximate surface area is 97.8 Å². The molecule has 90 valence electrons. The highest BCUT2D eigenvalue weighted by Gasteiger charge is 2.25. The Morgan fingerprint density at radius 3 is 2.71 bits per heavy atom. The van der Waals surface area contributed by atoms with Crippen LogP contribution in [0.15, 0.2) is 18.2 Å². The third-order valence-electron chi connectivity index (χ3n) is 2.78. The number of amides is 2. The van der Waals surface area contributed by atoms with Gasteiger partial charge in [-0.3, -0.25) is 4.90 Å². The Bertz CT molecular complexity index is 487. The molecule has 17 heavy (non-hydrogen) atoms. The Kier molecular flexibility index (Phi) is 2.72. The summed E-state index contributed by atoms with van der Waals surface area (Å²) in [5.41, 5.74) is 12.6. The van der Waals surface area contributed by atoms with Crippen molar-refractivity contribution in [2.75, 3.05) is 11.4 Å². The number of carboxylic acids is 1. The molecule has 1 atom stereocenters. The van der Waals surface area contributed by atoms with E-state index in [-0.39, 0.29) is 11.6 Å². The standard InChI is InChI=1S/C11H13N3O3/c12-8-4-7-3-6(10(15)16)1-2-9(7)14(5-8)11(13)17/h1-3,8H,4-5,12H2,(H2,13,17)(H,15,16). The van der Waals surface area contributed by atoms with Crippen LogP contribution in [0.5, 0.6) is 0 Å². The molecule has 1 aliphatic heterocycles. The Morgan fingerprint density at radius 1 is 1.41 bits per heavy atom. The summed E-state index contributed by atoms with van der Waals surface area (Å²) in [5.74, 6) is -1.00. The number of carboxylic acid groups (broad SMARTS) is 1. The van der Waals surface area contributed by atoms with Crippen LogP contribution in [0.2, 0.25) is 0 Å². The molecule has 2 amide bonds. The van der Waals surface area contributed by atoms with Gasteiger partial charge in [-0.1, -0.05) is 0 Å². The summed E-state index contributed by atoms with van der Waals surface area (Å²) in [6.07, 6.45) is 0.542. The summed E-state index contributed by atoms with van der Waals surface area (Å²) >= 11 is 0. The summed E-state index contributed by atoms with van der Waals surface area (Å²) < 4.78 is 0. The van der Waals surface area contributed by atoms with Crippen molar-refractivity contribution in [1.82, 2.24) is 0 Å². The van der Waals surface area contributed by atoms with Gasteiger partial charge in [-0.25, -0.2) is 9.59 Å². The molecular formula is C11H13N3O3. The number of hydrogen-bond acceptors (Lipinski definition) is 3. The number of urea groups is 1. The number of carbonyl (C=O) groups is 2. The average Bonchev–Trinajstić information content (AvgIpc) is 2.26. The summed E-state index contributed by atoms with van der Waals surface area (Å²) in [6.45, 7) is 0.356. The summed E-state index contributed by atoms with van der Waals surface area (Å²) in [4.78, 5) is 23.5. The molecule has 0 aromatic heterocycles. The molecule has 0 bridgehead atoms. The molecule has 5 N–H and O–H groups in total. The molecule has 1 unspecified atom stereocenters. The van der Waals surface area contributed by atoms with Crippen molar-refractivity contribution in [2.45, 2.75) is 12.5 Å². The first kappa shape index (κ1) is 11.4. The first-order valence-corrected chi connectivity index (χ1v) is 5.18. The second-order valence-corrected chi connectivity index (χ2v) is 4.06. The first-order chi connectivity index (χ1) is 7.99. The fourth-order valence-corrected chi connectivity index (χ4v) is 2.03. The van der Waals surface area contributed by atoms with Crippen LogP contribution < -0.4 is 16.4 Å². The van der Waals surface area contributed by atoms with Crippen LogP contribution in [0.1, 0.15) is 15.9 Å². The molecule has 1 aliphatic rings. The highest BCUT2D eigenvalue weighted by atomic mass is 16.4. The second kappa shape index (κ2) is 4.06. The number of hydrogen-bond donors (Lipinski definition) is 3. The van der Waals surface area contributed by atoms with Crippen LogP contribution in [-0.4, -0.2) is 29.7 Å². The van der Waals surface area contributed by atoms with E-state index < -0.39 is 12.0 Å². The zero-order valence-corrected chi connectivity index (χ0v) is 9.09. The zero-order chi connectivity index (χ0) is 12.6. The molecule has 0 saturated heterocycles. The van der Waals surface area contributed by atoms with Crippen molar-refractivity contribution in [2.24, 2.45) is 11.5 Å². The molecule has 0 fully saturated rings. The molecular weight excluding hydrogens is 222 g/mol. The molecule has 1 aromatic carbocycles. The fraction of sp³-hybridized carbons (Fsp3) is 0.273. The molecule has 0 radical (unpaired) electrons. The van der Waals surface area contributed by atoms with Gasteiger partial charge in [0.2, 0.25) is 0 Å². The van der Waals surface area contributed by atoms with Crippen molar-refractivity contribution >= 4 is 17.7 Å². The van der Waals surface area contributed by atoms with Gasteiger partial charge in [0, 0.05) is 18.3 Å². The van der Waals surface area contributed by atoms with Crippen molar-refractivity contribution in [3.8, 4) is 0 Å². The van der Waals surface area contributed by atoms with Gasteiger partial charge in [-0.15, -0.1) is 0 Å². The number of fused-ring (bicyclic) bond motifs is 1. The number of aromatic carboxylic acids is 1. The maximum atomic E-state index is 11.3. The molecule has 6 nitrogen and oxygen atoms in total. The zero-order valence-electron chi connectivity index (χ0n) is 9.09. The van der Waals surface area contributed by atoms with E-state index in [2.05, 4.69) is 0 Å². The molecule has 2 rings (SSSR count). The van der Waals surface area contributed by atoms with E-state index in [1.54, 1.807) is 6.07 Å². The van der Waals surface area contributed by atoms with Gasteiger partial charge < -0.3 is 16.6 Å². The third kappa shape index (κ3) is 2.07. The Balaban J connectivity index is 2.47. The van der Waals surface area contributed by atoms with Gasteiger partial charge in [-0.05, 0) is 30.2 Å². The lowest BCUT2D eigenvalue weighted by molar-refractivity contribution is 0.0696. The van der Waals surface area contributed by atoms with E-state index in [9.17, 15) is 9.59 Å². The first-order valence-electron chi connectivity index (χ1n) is 5.18. The molecule has 6 heteroatoms. The van der Waals surface area contributed by atoms with Gasteiger partial charge in [0.25, 0.3) is 0 Å². The van der Waals surface area contributed by atoms with Gasteiger partial charge in [-0.2, -0.15) is 0 Å². The maximum absolute atomic E-state index is 11.3. The normalized spacial score (nSPS) is 18.6. The molecule has 0 spiro atoms. The summed E-state index contributed by atoms with van der Waals surface area (Å²) in [6, 6.07) is 3.78. The molecule has 0 saturated carbocycles. The minimum absolute atomic E-state index is 0.183. The van der Waals surface area contributed by atoms with Gasteiger partial charge in [0.15, 0.2) is 0 Å². The smallest absolute Gasteiger partial charge is 0.335 e. The monoisotopic (exact) mass is 235 g/mol. The second-order valence-electron chi connectivity index (χ2n) is 4.06.